The van der Waals surface area contributed by atoms with Crippen LogP contribution in [0.15, 0.2) is 29.9 Å². The largest absolute Gasteiger partial charge is 0.490 e. The highest BCUT2D eigenvalue weighted by atomic mass is 32.2. The molecule has 0 atom stereocenters. The van der Waals surface area contributed by atoms with Crippen LogP contribution in [0, 0.1) is 10.1 Å². The molecular weight excluding hydrogens is 340 g/mol. The molecule has 0 spiro atoms. The third-order valence-corrected chi connectivity index (χ3v) is 4.52. The van der Waals surface area contributed by atoms with Gasteiger partial charge in [0.15, 0.2) is 5.75 Å². The lowest BCUT2D eigenvalue weighted by Crippen LogP contribution is -2.07. The molecule has 2 aromatic rings. The number of rotatable bonds is 8. The van der Waals surface area contributed by atoms with Crippen LogP contribution in [0.4, 0.5) is 5.69 Å². The Kier molecular flexibility index (Phi) is 6.36. The Balaban J connectivity index is 1.80. The number of methoxy groups -OCH3 is 1. The van der Waals surface area contributed by atoms with Crippen molar-refractivity contribution in [3.05, 3.63) is 50.5 Å². The number of carbonyl (C=O) groups excluding carboxylic acids is 1. The van der Waals surface area contributed by atoms with Gasteiger partial charge in [-0.1, -0.05) is 6.07 Å². The smallest absolute Gasteiger partial charge is 0.316 e. The van der Waals surface area contributed by atoms with Crippen molar-refractivity contribution in [2.45, 2.75) is 12.4 Å². The van der Waals surface area contributed by atoms with Gasteiger partial charge in [0.2, 0.25) is 0 Å². The van der Waals surface area contributed by atoms with Crippen molar-refractivity contribution < 1.29 is 19.2 Å². The lowest BCUT2D eigenvalue weighted by atomic mass is 10.2. The van der Waals surface area contributed by atoms with Gasteiger partial charge in [-0.3, -0.25) is 19.9 Å². The van der Waals surface area contributed by atoms with E-state index < -0.39 is 4.92 Å². The van der Waals surface area contributed by atoms with Gasteiger partial charge in [-0.2, -0.15) is 0 Å². The Labute approximate surface area is 140 Å². The van der Waals surface area contributed by atoms with E-state index >= 15 is 0 Å². The van der Waals surface area contributed by atoms with Gasteiger partial charge in [0.1, 0.15) is 6.61 Å². The number of thiazole rings is 1. The predicted octanol–water partition coefficient (Wildman–Crippen LogP) is 3.04. The molecule has 0 bridgehead atoms. The van der Waals surface area contributed by atoms with Crippen molar-refractivity contribution >= 4 is 34.8 Å². The van der Waals surface area contributed by atoms with Gasteiger partial charge < -0.3 is 9.47 Å². The number of nitrogens with zero attached hydrogens (tertiary/aromatic N) is 2. The Morgan fingerprint density at radius 2 is 2.30 bits per heavy atom. The number of carbonyl (C=O) groups is 1. The molecule has 0 radical (unpaired) electrons. The Morgan fingerprint density at radius 1 is 1.48 bits per heavy atom. The molecule has 2 rings (SSSR count). The number of nitro benzene ring substituents is 1. The van der Waals surface area contributed by atoms with Crippen LogP contribution in [0.5, 0.6) is 5.75 Å². The van der Waals surface area contributed by atoms with Crippen LogP contribution in [-0.4, -0.2) is 28.7 Å². The lowest BCUT2D eigenvalue weighted by Gasteiger charge is -2.05. The van der Waals surface area contributed by atoms with Gasteiger partial charge in [0.05, 0.1) is 28.2 Å². The molecule has 23 heavy (non-hydrogen) atoms. The standard InChI is InChI=1S/C14H14N2O5S2/c1-20-13-3-2-10(4-12(13)16(18)19)7-22-8-14(17)21-6-11-5-15-9-23-11/h2-5,9H,6-8H2,1H3. The first-order chi connectivity index (χ1) is 11.1. The van der Waals surface area contributed by atoms with Crippen molar-refractivity contribution in [1.29, 1.82) is 0 Å². The van der Waals surface area contributed by atoms with Gasteiger partial charge in [0, 0.05) is 18.0 Å². The molecule has 0 N–H and O–H groups in total. The summed E-state index contributed by atoms with van der Waals surface area (Å²) in [5, 5.41) is 11.0. The Hall–Kier alpha value is -2.13. The van der Waals surface area contributed by atoms with Crippen molar-refractivity contribution in [2.75, 3.05) is 12.9 Å². The second-order valence-corrected chi connectivity index (χ2v) is 6.34. The van der Waals surface area contributed by atoms with E-state index in [4.69, 9.17) is 9.47 Å². The average Bonchev–Trinajstić information content (AvgIpc) is 3.06. The maximum Gasteiger partial charge on any atom is 0.316 e. The summed E-state index contributed by atoms with van der Waals surface area (Å²) in [6.07, 6.45) is 1.65. The normalized spacial score (nSPS) is 10.3. The topological polar surface area (TPSA) is 91.6 Å². The Bertz CT molecular complexity index is 676. The van der Waals surface area contributed by atoms with Crippen LogP contribution < -0.4 is 4.74 Å². The highest BCUT2D eigenvalue weighted by Crippen LogP contribution is 2.29. The van der Waals surface area contributed by atoms with Crippen LogP contribution in [0.1, 0.15) is 10.4 Å². The molecule has 1 aromatic carbocycles. The van der Waals surface area contributed by atoms with Crippen LogP contribution >= 0.6 is 23.1 Å². The zero-order valence-electron chi connectivity index (χ0n) is 12.3. The van der Waals surface area contributed by atoms with E-state index in [0.29, 0.717) is 5.75 Å². The van der Waals surface area contributed by atoms with Crippen molar-refractivity contribution in [2.24, 2.45) is 0 Å². The summed E-state index contributed by atoms with van der Waals surface area (Å²) < 4.78 is 10.1. The molecule has 122 valence electrons. The van der Waals surface area contributed by atoms with Gasteiger partial charge in [-0.05, 0) is 11.6 Å². The quantitative estimate of drug-likeness (QED) is 0.409. The first-order valence-electron chi connectivity index (χ1n) is 6.52. The molecule has 0 saturated heterocycles. The third kappa shape index (κ3) is 5.22. The monoisotopic (exact) mass is 354 g/mol. The number of thioether (sulfide) groups is 1. The number of esters is 1. The minimum atomic E-state index is -0.490. The number of aromatic nitrogens is 1. The fourth-order valence-corrected chi connectivity index (χ4v) is 3.00. The van der Waals surface area contributed by atoms with E-state index in [9.17, 15) is 14.9 Å². The van der Waals surface area contributed by atoms with Gasteiger partial charge >= 0.3 is 11.7 Å². The van der Waals surface area contributed by atoms with Gasteiger partial charge in [-0.25, -0.2) is 0 Å². The first-order valence-corrected chi connectivity index (χ1v) is 8.55. The van der Waals surface area contributed by atoms with E-state index in [1.807, 2.05) is 0 Å². The van der Waals surface area contributed by atoms with Gasteiger partial charge in [0.25, 0.3) is 0 Å². The summed E-state index contributed by atoms with van der Waals surface area (Å²) in [5.41, 5.74) is 2.34. The number of ether oxygens (including phenoxy) is 2. The molecule has 0 unspecified atom stereocenters. The lowest BCUT2D eigenvalue weighted by molar-refractivity contribution is -0.385. The third-order valence-electron chi connectivity index (χ3n) is 2.79. The second kappa shape index (κ2) is 8.49. The molecule has 7 nitrogen and oxygen atoms in total. The summed E-state index contributed by atoms with van der Waals surface area (Å²) >= 11 is 2.76. The number of benzene rings is 1. The fraction of sp³-hybridized carbons (Fsp3) is 0.286. The van der Waals surface area contributed by atoms with E-state index in [1.165, 1.54) is 36.3 Å². The number of hydrogen-bond donors (Lipinski definition) is 0. The van der Waals surface area contributed by atoms with Crippen molar-refractivity contribution in [1.82, 2.24) is 4.98 Å². The molecule has 1 heterocycles. The van der Waals surface area contributed by atoms with E-state index in [-0.39, 0.29) is 29.8 Å². The fourth-order valence-electron chi connectivity index (χ4n) is 1.73. The van der Waals surface area contributed by atoms with Crippen LogP contribution in [0.2, 0.25) is 0 Å². The highest BCUT2D eigenvalue weighted by molar-refractivity contribution is 7.99. The molecule has 0 amide bonds. The molecule has 0 aliphatic rings. The van der Waals surface area contributed by atoms with E-state index in [1.54, 1.807) is 23.8 Å². The molecule has 0 saturated carbocycles. The van der Waals surface area contributed by atoms with Crippen molar-refractivity contribution in [3.63, 3.8) is 0 Å². The molecule has 1 aromatic heterocycles. The molecular formula is C14H14N2O5S2. The number of nitro groups is 1. The maximum atomic E-state index is 11.6. The van der Waals surface area contributed by atoms with Crippen LogP contribution in [0.25, 0.3) is 0 Å². The average molecular weight is 354 g/mol. The zero-order valence-corrected chi connectivity index (χ0v) is 13.9. The summed E-state index contributed by atoms with van der Waals surface area (Å²) in [7, 11) is 1.38. The molecule has 9 heteroatoms. The summed E-state index contributed by atoms with van der Waals surface area (Å²) in [5.74, 6) is 0.540. The molecule has 0 fully saturated rings. The molecule has 0 aliphatic heterocycles. The van der Waals surface area contributed by atoms with E-state index in [0.717, 1.165) is 10.4 Å². The van der Waals surface area contributed by atoms with E-state index in [2.05, 4.69) is 4.98 Å². The molecule has 0 aliphatic carbocycles. The van der Waals surface area contributed by atoms with Crippen LogP contribution in [0.3, 0.4) is 0 Å². The Morgan fingerprint density at radius 3 is 2.96 bits per heavy atom. The SMILES string of the molecule is COc1ccc(CSCC(=O)OCc2cncs2)cc1[N+](=O)[O-]. The zero-order chi connectivity index (χ0) is 16.7. The first kappa shape index (κ1) is 17.2. The van der Waals surface area contributed by atoms with Crippen molar-refractivity contribution in [3.8, 4) is 5.75 Å². The second-order valence-electron chi connectivity index (χ2n) is 4.38. The summed E-state index contributed by atoms with van der Waals surface area (Å²) in [6.45, 7) is 0.220. The van der Waals surface area contributed by atoms with Gasteiger partial charge in [-0.15, -0.1) is 23.1 Å². The minimum absolute atomic E-state index is 0.0848. The summed E-state index contributed by atoms with van der Waals surface area (Å²) in [4.78, 5) is 26.9. The predicted molar refractivity (Wildman–Crippen MR) is 87.7 cm³/mol. The number of hydrogen-bond acceptors (Lipinski definition) is 8. The minimum Gasteiger partial charge on any atom is -0.490 e. The maximum absolute atomic E-state index is 11.6. The van der Waals surface area contributed by atoms with Crippen LogP contribution in [-0.2, 0) is 21.9 Å². The highest BCUT2D eigenvalue weighted by Gasteiger charge is 2.15. The summed E-state index contributed by atoms with van der Waals surface area (Å²) in [6, 6.07) is 4.74.